The molecule has 0 fully saturated rings. The van der Waals surface area contributed by atoms with E-state index < -0.39 is 0 Å². The molecule has 0 heterocycles. The first-order valence-corrected chi connectivity index (χ1v) is 7.95. The van der Waals surface area contributed by atoms with Gasteiger partial charge in [0, 0.05) is 31.8 Å². The van der Waals surface area contributed by atoms with Gasteiger partial charge in [0.25, 0.3) is 0 Å². The molecule has 0 radical (unpaired) electrons. The van der Waals surface area contributed by atoms with E-state index in [0.29, 0.717) is 6.54 Å². The van der Waals surface area contributed by atoms with Crippen LogP contribution < -0.4 is 10.6 Å². The van der Waals surface area contributed by atoms with E-state index in [2.05, 4.69) is 22.8 Å². The van der Waals surface area contributed by atoms with Gasteiger partial charge in [0.05, 0.1) is 0 Å². The molecule has 1 atom stereocenters. The van der Waals surface area contributed by atoms with Gasteiger partial charge in [0.15, 0.2) is 0 Å². The Hall–Kier alpha value is -2.17. The highest BCUT2D eigenvalue weighted by Crippen LogP contribution is 2.19. The highest BCUT2D eigenvalue weighted by molar-refractivity contribution is 5.88. The van der Waals surface area contributed by atoms with Crippen molar-refractivity contribution in [2.45, 2.75) is 32.4 Å². The zero-order chi connectivity index (χ0) is 16.5. The molecule has 0 saturated carbocycles. The molecule has 0 bridgehead atoms. The van der Waals surface area contributed by atoms with Crippen molar-refractivity contribution in [3.63, 3.8) is 0 Å². The summed E-state index contributed by atoms with van der Waals surface area (Å²) in [7, 11) is 0. The maximum atomic E-state index is 11.1. The van der Waals surface area contributed by atoms with Crippen molar-refractivity contribution in [3.8, 4) is 0 Å². The van der Waals surface area contributed by atoms with Gasteiger partial charge in [-0.25, -0.2) is 0 Å². The van der Waals surface area contributed by atoms with Crippen LogP contribution in [0, 0.1) is 0 Å². The summed E-state index contributed by atoms with van der Waals surface area (Å²) in [5.41, 5.74) is 3.14. The van der Waals surface area contributed by atoms with Crippen molar-refractivity contribution in [3.05, 3.63) is 65.7 Å². The van der Waals surface area contributed by atoms with Crippen LogP contribution in [-0.4, -0.2) is 17.6 Å². The summed E-state index contributed by atoms with van der Waals surface area (Å²) < 4.78 is 0. The lowest BCUT2D eigenvalue weighted by atomic mass is 10.0. The Kier molecular flexibility index (Phi) is 6.78. The number of amides is 1. The van der Waals surface area contributed by atoms with Gasteiger partial charge in [-0.2, -0.15) is 0 Å². The molecule has 0 aliphatic carbocycles. The van der Waals surface area contributed by atoms with Crippen LogP contribution >= 0.6 is 0 Å². The predicted molar refractivity (Wildman–Crippen MR) is 93.1 cm³/mol. The van der Waals surface area contributed by atoms with E-state index in [4.69, 9.17) is 5.11 Å². The quantitative estimate of drug-likeness (QED) is 0.701. The number of benzene rings is 2. The van der Waals surface area contributed by atoms with Crippen LogP contribution in [0.4, 0.5) is 5.69 Å². The van der Waals surface area contributed by atoms with E-state index in [9.17, 15) is 4.79 Å². The number of nitrogens with one attached hydrogen (secondary N) is 2. The van der Waals surface area contributed by atoms with E-state index in [-0.39, 0.29) is 18.6 Å². The van der Waals surface area contributed by atoms with Crippen molar-refractivity contribution < 1.29 is 9.90 Å². The number of carbonyl (C=O) groups excluding carboxylic acids is 1. The standard InChI is InChI=1S/C19H24N2O2/c1-15(23)21-18-10-5-7-16(13-18)14-20-19(11-6-12-22)17-8-3-2-4-9-17/h2-5,7-10,13,19-20,22H,6,11-12,14H2,1H3,(H,21,23). The minimum Gasteiger partial charge on any atom is -0.396 e. The number of hydrogen-bond donors (Lipinski definition) is 3. The summed E-state index contributed by atoms with van der Waals surface area (Å²) in [5, 5.41) is 15.4. The second-order valence-electron chi connectivity index (χ2n) is 5.59. The average Bonchev–Trinajstić information content (AvgIpc) is 2.55. The van der Waals surface area contributed by atoms with Gasteiger partial charge in [0.2, 0.25) is 5.91 Å². The Bertz CT molecular complexity index is 614. The van der Waals surface area contributed by atoms with Crippen molar-refractivity contribution >= 4 is 11.6 Å². The lowest BCUT2D eigenvalue weighted by Crippen LogP contribution is -2.21. The fraction of sp³-hybridized carbons (Fsp3) is 0.316. The molecular formula is C19H24N2O2. The maximum absolute atomic E-state index is 11.1. The largest absolute Gasteiger partial charge is 0.396 e. The lowest BCUT2D eigenvalue weighted by Gasteiger charge is -2.19. The molecule has 2 rings (SSSR count). The third-order valence-corrected chi connectivity index (χ3v) is 3.65. The van der Waals surface area contributed by atoms with Gasteiger partial charge >= 0.3 is 0 Å². The fourth-order valence-corrected chi connectivity index (χ4v) is 2.57. The molecule has 122 valence electrons. The van der Waals surface area contributed by atoms with Crippen LogP contribution in [0.3, 0.4) is 0 Å². The Morgan fingerprint density at radius 1 is 1.13 bits per heavy atom. The Morgan fingerprint density at radius 3 is 2.61 bits per heavy atom. The topological polar surface area (TPSA) is 61.4 Å². The van der Waals surface area contributed by atoms with E-state index in [1.54, 1.807) is 0 Å². The summed E-state index contributed by atoms with van der Waals surface area (Å²) >= 11 is 0. The van der Waals surface area contributed by atoms with Crippen molar-refractivity contribution in [2.75, 3.05) is 11.9 Å². The van der Waals surface area contributed by atoms with E-state index in [1.165, 1.54) is 12.5 Å². The number of carbonyl (C=O) groups is 1. The van der Waals surface area contributed by atoms with Gasteiger partial charge in [-0.15, -0.1) is 0 Å². The van der Waals surface area contributed by atoms with Crippen molar-refractivity contribution in [2.24, 2.45) is 0 Å². The molecular weight excluding hydrogens is 288 g/mol. The second-order valence-corrected chi connectivity index (χ2v) is 5.59. The molecule has 0 aliphatic heterocycles. The number of rotatable bonds is 8. The minimum atomic E-state index is -0.0692. The Balaban J connectivity index is 2.01. The number of aliphatic hydroxyl groups is 1. The third-order valence-electron chi connectivity index (χ3n) is 3.65. The monoisotopic (exact) mass is 312 g/mol. The zero-order valence-corrected chi connectivity index (χ0v) is 13.5. The molecule has 1 unspecified atom stereocenters. The zero-order valence-electron chi connectivity index (χ0n) is 13.5. The molecule has 4 nitrogen and oxygen atoms in total. The summed E-state index contributed by atoms with van der Waals surface area (Å²) in [6.45, 7) is 2.41. The fourth-order valence-electron chi connectivity index (χ4n) is 2.57. The molecule has 0 aromatic heterocycles. The van der Waals surface area contributed by atoms with Gasteiger partial charge in [0.1, 0.15) is 0 Å². The SMILES string of the molecule is CC(=O)Nc1cccc(CNC(CCCO)c2ccccc2)c1. The van der Waals surface area contributed by atoms with Crippen LogP contribution in [0.15, 0.2) is 54.6 Å². The first kappa shape index (κ1) is 17.2. The number of hydrogen-bond acceptors (Lipinski definition) is 3. The van der Waals surface area contributed by atoms with Gasteiger partial charge in [-0.05, 0) is 36.1 Å². The van der Waals surface area contributed by atoms with Gasteiger partial charge in [-0.3, -0.25) is 4.79 Å². The molecule has 23 heavy (non-hydrogen) atoms. The van der Waals surface area contributed by atoms with E-state index in [0.717, 1.165) is 24.1 Å². The molecule has 0 saturated heterocycles. The molecule has 0 aliphatic rings. The summed E-state index contributed by atoms with van der Waals surface area (Å²) in [4.78, 5) is 11.1. The van der Waals surface area contributed by atoms with Crippen LogP contribution in [0.25, 0.3) is 0 Å². The molecule has 3 N–H and O–H groups in total. The molecule has 1 amide bonds. The van der Waals surface area contributed by atoms with E-state index in [1.807, 2.05) is 42.5 Å². The summed E-state index contributed by atoms with van der Waals surface area (Å²) in [6.07, 6.45) is 1.64. The molecule has 0 spiro atoms. The Labute approximate surface area is 137 Å². The lowest BCUT2D eigenvalue weighted by molar-refractivity contribution is -0.114. The van der Waals surface area contributed by atoms with Crippen LogP contribution in [0.5, 0.6) is 0 Å². The first-order chi connectivity index (χ1) is 11.2. The molecule has 2 aromatic rings. The second kappa shape index (κ2) is 9.08. The number of aliphatic hydroxyl groups excluding tert-OH is 1. The van der Waals surface area contributed by atoms with Crippen molar-refractivity contribution in [1.82, 2.24) is 5.32 Å². The van der Waals surface area contributed by atoms with Crippen molar-refractivity contribution in [1.29, 1.82) is 0 Å². The van der Waals surface area contributed by atoms with Gasteiger partial charge < -0.3 is 15.7 Å². The Morgan fingerprint density at radius 2 is 1.91 bits per heavy atom. The highest BCUT2D eigenvalue weighted by Gasteiger charge is 2.10. The molecule has 4 heteroatoms. The first-order valence-electron chi connectivity index (χ1n) is 7.95. The van der Waals surface area contributed by atoms with Gasteiger partial charge in [-0.1, -0.05) is 42.5 Å². The van der Waals surface area contributed by atoms with Crippen LogP contribution in [-0.2, 0) is 11.3 Å². The predicted octanol–water partition coefficient (Wildman–Crippen LogP) is 3.25. The van der Waals surface area contributed by atoms with E-state index >= 15 is 0 Å². The average molecular weight is 312 g/mol. The van der Waals surface area contributed by atoms with Crippen LogP contribution in [0.2, 0.25) is 0 Å². The summed E-state index contributed by atoms with van der Waals surface area (Å²) in [6, 6.07) is 18.3. The normalized spacial score (nSPS) is 11.9. The highest BCUT2D eigenvalue weighted by atomic mass is 16.2. The number of anilines is 1. The molecule has 2 aromatic carbocycles. The third kappa shape index (κ3) is 5.85. The smallest absolute Gasteiger partial charge is 0.221 e. The minimum absolute atomic E-state index is 0.0692. The summed E-state index contributed by atoms with van der Waals surface area (Å²) in [5.74, 6) is -0.0692. The van der Waals surface area contributed by atoms with Crippen LogP contribution in [0.1, 0.15) is 36.9 Å². The maximum Gasteiger partial charge on any atom is 0.221 e.